The van der Waals surface area contributed by atoms with Crippen molar-refractivity contribution in [2.75, 3.05) is 5.32 Å². The Morgan fingerprint density at radius 2 is 1.76 bits per heavy atom. The first kappa shape index (κ1) is 14.7. The standard InChI is InChI=1S/C17H16Br2N2/c1-11-7-14(18)17(15(19)8-11)20-9-12-10-21(2)16-6-4-3-5-13(12)16/h3-8,10,20H,9H2,1-2H3. The molecule has 0 aliphatic heterocycles. The van der Waals surface area contributed by atoms with Crippen LogP contribution in [0, 0.1) is 6.92 Å². The Balaban J connectivity index is 1.91. The quantitative estimate of drug-likeness (QED) is 0.595. The number of halogens is 2. The summed E-state index contributed by atoms with van der Waals surface area (Å²) in [4.78, 5) is 0. The lowest BCUT2D eigenvalue weighted by Crippen LogP contribution is -2.00. The summed E-state index contributed by atoms with van der Waals surface area (Å²) < 4.78 is 4.33. The summed E-state index contributed by atoms with van der Waals surface area (Å²) >= 11 is 7.26. The highest BCUT2D eigenvalue weighted by molar-refractivity contribution is 9.11. The average Bonchev–Trinajstić information content (AvgIpc) is 2.75. The number of benzene rings is 2. The maximum absolute atomic E-state index is 3.63. The Kier molecular flexibility index (Phi) is 4.09. The molecule has 0 unspecified atom stereocenters. The Morgan fingerprint density at radius 3 is 2.48 bits per heavy atom. The molecule has 2 nitrogen and oxygen atoms in total. The van der Waals surface area contributed by atoms with Crippen molar-refractivity contribution in [2.24, 2.45) is 7.05 Å². The maximum atomic E-state index is 3.63. The zero-order valence-electron chi connectivity index (χ0n) is 12.0. The van der Waals surface area contributed by atoms with E-state index in [-0.39, 0.29) is 0 Å². The van der Waals surface area contributed by atoms with Crippen LogP contribution in [-0.2, 0) is 13.6 Å². The van der Waals surface area contributed by atoms with E-state index in [1.165, 1.54) is 22.0 Å². The molecule has 0 saturated carbocycles. The summed E-state index contributed by atoms with van der Waals surface area (Å²) in [7, 11) is 2.09. The molecule has 0 aliphatic rings. The summed E-state index contributed by atoms with van der Waals surface area (Å²) in [6.45, 7) is 2.88. The molecule has 3 aromatic rings. The number of fused-ring (bicyclic) bond motifs is 1. The van der Waals surface area contributed by atoms with Crippen LogP contribution in [-0.4, -0.2) is 4.57 Å². The average molecular weight is 408 g/mol. The van der Waals surface area contributed by atoms with Gasteiger partial charge in [0.2, 0.25) is 0 Å². The van der Waals surface area contributed by atoms with E-state index in [0.29, 0.717) is 0 Å². The SMILES string of the molecule is Cc1cc(Br)c(NCc2cn(C)c3ccccc23)c(Br)c1. The first-order chi connectivity index (χ1) is 10.1. The van der Waals surface area contributed by atoms with Gasteiger partial charge < -0.3 is 9.88 Å². The lowest BCUT2D eigenvalue weighted by molar-refractivity contribution is 0.955. The molecule has 0 bridgehead atoms. The van der Waals surface area contributed by atoms with Crippen LogP contribution in [0.2, 0.25) is 0 Å². The van der Waals surface area contributed by atoms with Crippen LogP contribution in [0.1, 0.15) is 11.1 Å². The number of para-hydroxylation sites is 1. The minimum absolute atomic E-state index is 0.793. The van der Waals surface area contributed by atoms with Crippen molar-refractivity contribution < 1.29 is 0 Å². The van der Waals surface area contributed by atoms with Gasteiger partial charge in [-0.15, -0.1) is 0 Å². The number of aromatic nitrogens is 1. The van der Waals surface area contributed by atoms with Gasteiger partial charge in [0.1, 0.15) is 0 Å². The molecule has 4 heteroatoms. The van der Waals surface area contributed by atoms with Crippen LogP contribution in [0.25, 0.3) is 10.9 Å². The summed E-state index contributed by atoms with van der Waals surface area (Å²) in [6.07, 6.45) is 2.19. The molecule has 0 spiro atoms. The van der Waals surface area contributed by atoms with E-state index in [1.807, 2.05) is 0 Å². The molecule has 0 atom stereocenters. The van der Waals surface area contributed by atoms with E-state index in [4.69, 9.17) is 0 Å². The van der Waals surface area contributed by atoms with Crippen molar-refractivity contribution in [3.63, 3.8) is 0 Å². The molecule has 1 aromatic heterocycles. The monoisotopic (exact) mass is 406 g/mol. The van der Waals surface area contributed by atoms with E-state index in [1.54, 1.807) is 0 Å². The zero-order chi connectivity index (χ0) is 15.0. The van der Waals surface area contributed by atoms with Crippen molar-refractivity contribution in [1.82, 2.24) is 4.57 Å². The van der Waals surface area contributed by atoms with Crippen molar-refractivity contribution in [3.8, 4) is 0 Å². The number of anilines is 1. The Hall–Kier alpha value is -1.26. The van der Waals surface area contributed by atoms with Gasteiger partial charge in [-0.25, -0.2) is 0 Å². The normalized spacial score (nSPS) is 11.0. The molecule has 0 saturated heterocycles. The maximum Gasteiger partial charge on any atom is 0.0631 e. The van der Waals surface area contributed by atoms with Crippen LogP contribution >= 0.6 is 31.9 Å². The molecule has 1 heterocycles. The van der Waals surface area contributed by atoms with Gasteiger partial charge in [-0.3, -0.25) is 0 Å². The number of aryl methyl sites for hydroxylation is 2. The second-order valence-corrected chi connectivity index (χ2v) is 6.95. The molecule has 1 N–H and O–H groups in total. The zero-order valence-corrected chi connectivity index (χ0v) is 15.1. The van der Waals surface area contributed by atoms with Crippen molar-refractivity contribution in [3.05, 3.63) is 62.7 Å². The van der Waals surface area contributed by atoms with Crippen LogP contribution in [0.4, 0.5) is 5.69 Å². The number of nitrogens with zero attached hydrogens (tertiary/aromatic N) is 1. The largest absolute Gasteiger partial charge is 0.379 e. The fourth-order valence-electron chi connectivity index (χ4n) is 2.62. The highest BCUT2D eigenvalue weighted by atomic mass is 79.9. The van der Waals surface area contributed by atoms with Crippen LogP contribution in [0.3, 0.4) is 0 Å². The lowest BCUT2D eigenvalue weighted by atomic mass is 10.1. The molecular weight excluding hydrogens is 392 g/mol. The van der Waals surface area contributed by atoms with Gasteiger partial charge in [0, 0.05) is 39.6 Å². The molecule has 0 radical (unpaired) electrons. The third-order valence-electron chi connectivity index (χ3n) is 3.62. The van der Waals surface area contributed by atoms with E-state index >= 15 is 0 Å². The van der Waals surface area contributed by atoms with Gasteiger partial charge in [-0.1, -0.05) is 18.2 Å². The second kappa shape index (κ2) is 5.85. The Bertz CT molecular complexity index is 783. The third-order valence-corrected chi connectivity index (χ3v) is 4.87. The molecule has 0 fully saturated rings. The number of hydrogen-bond donors (Lipinski definition) is 1. The second-order valence-electron chi connectivity index (χ2n) is 5.24. The molecule has 3 rings (SSSR count). The highest BCUT2D eigenvalue weighted by Crippen LogP contribution is 2.33. The van der Waals surface area contributed by atoms with E-state index in [2.05, 4.69) is 98.3 Å². The van der Waals surface area contributed by atoms with E-state index in [9.17, 15) is 0 Å². The summed E-state index contributed by atoms with van der Waals surface area (Å²) in [5, 5.41) is 4.82. The van der Waals surface area contributed by atoms with E-state index < -0.39 is 0 Å². The summed E-state index contributed by atoms with van der Waals surface area (Å²) in [5.41, 5.74) is 4.88. The minimum Gasteiger partial charge on any atom is -0.379 e. The predicted octanol–water partition coefficient (Wildman–Crippen LogP) is 5.62. The van der Waals surface area contributed by atoms with Gasteiger partial charge in [0.15, 0.2) is 0 Å². The van der Waals surface area contributed by atoms with Crippen molar-refractivity contribution in [2.45, 2.75) is 13.5 Å². The first-order valence-electron chi connectivity index (χ1n) is 6.78. The fraction of sp³-hybridized carbons (Fsp3) is 0.176. The number of rotatable bonds is 3. The molecule has 0 aliphatic carbocycles. The highest BCUT2D eigenvalue weighted by Gasteiger charge is 2.09. The lowest BCUT2D eigenvalue weighted by Gasteiger charge is -2.11. The fourth-order valence-corrected chi connectivity index (χ4v) is 4.31. The van der Waals surface area contributed by atoms with Crippen molar-refractivity contribution >= 4 is 48.5 Å². The molecule has 108 valence electrons. The predicted molar refractivity (Wildman–Crippen MR) is 96.8 cm³/mol. The minimum atomic E-state index is 0.793. The van der Waals surface area contributed by atoms with Crippen LogP contribution in [0.15, 0.2) is 51.5 Å². The van der Waals surface area contributed by atoms with Crippen LogP contribution < -0.4 is 5.32 Å². The smallest absolute Gasteiger partial charge is 0.0631 e. The first-order valence-corrected chi connectivity index (χ1v) is 8.37. The number of nitrogens with one attached hydrogen (secondary N) is 1. The van der Waals surface area contributed by atoms with Crippen LogP contribution in [0.5, 0.6) is 0 Å². The number of hydrogen-bond acceptors (Lipinski definition) is 1. The topological polar surface area (TPSA) is 17.0 Å². The van der Waals surface area contributed by atoms with Gasteiger partial charge in [-0.05, 0) is 68.1 Å². The van der Waals surface area contributed by atoms with Crippen molar-refractivity contribution in [1.29, 1.82) is 0 Å². The molecule has 21 heavy (non-hydrogen) atoms. The molecule has 2 aromatic carbocycles. The van der Waals surface area contributed by atoms with Gasteiger partial charge >= 0.3 is 0 Å². The third kappa shape index (κ3) is 2.87. The van der Waals surface area contributed by atoms with E-state index in [0.717, 1.165) is 21.2 Å². The molecule has 0 amide bonds. The Morgan fingerprint density at radius 1 is 1.10 bits per heavy atom. The molecular formula is C17H16Br2N2. The van der Waals surface area contributed by atoms with Gasteiger partial charge in [0.05, 0.1) is 5.69 Å². The summed E-state index contributed by atoms with van der Waals surface area (Å²) in [5.74, 6) is 0. The summed E-state index contributed by atoms with van der Waals surface area (Å²) in [6, 6.07) is 12.7. The van der Waals surface area contributed by atoms with Gasteiger partial charge in [-0.2, -0.15) is 0 Å². The Labute approximate surface area is 141 Å². The van der Waals surface area contributed by atoms with Gasteiger partial charge in [0.25, 0.3) is 0 Å².